The predicted molar refractivity (Wildman–Crippen MR) is 100 cm³/mol. The van der Waals surface area contributed by atoms with Crippen molar-refractivity contribution >= 4 is 5.84 Å². The number of piperidine rings is 2. The van der Waals surface area contributed by atoms with Crippen LogP contribution in [0, 0.1) is 28.6 Å². The monoisotopic (exact) mass is 344 g/mol. The molecule has 2 aliphatic rings. The highest BCUT2D eigenvalue weighted by Crippen LogP contribution is 2.09. The highest BCUT2D eigenvalue weighted by Gasteiger charge is 2.16. The number of aliphatic imine (C=N–C) groups is 1. The zero-order chi connectivity index (χ0) is 17.7. The lowest BCUT2D eigenvalue weighted by atomic mass is 10.1. The number of hydrogen-bond acceptors (Lipinski definition) is 5. The number of rotatable bonds is 8. The topological polar surface area (TPSA) is 78.4 Å². The van der Waals surface area contributed by atoms with Crippen molar-refractivity contribution < 1.29 is 0 Å². The summed E-state index contributed by atoms with van der Waals surface area (Å²) in [4.78, 5) is 9.49. The number of nitriles is 2. The standard InChI is InChI=1S/C19H32N6/c20-16-18(17-21)19(23-9-15-25-12-5-2-6-13-25)22-8-7-14-24-10-3-1-4-11-24/h18H,1-15H2,(H,22,23). The Bertz CT molecular complexity index is 463. The Morgan fingerprint density at radius 3 is 2.00 bits per heavy atom. The third-order valence-corrected chi connectivity index (χ3v) is 5.08. The lowest BCUT2D eigenvalue weighted by molar-refractivity contribution is 0.227. The van der Waals surface area contributed by atoms with E-state index in [1.54, 1.807) is 0 Å². The highest BCUT2D eigenvalue weighted by atomic mass is 15.1. The van der Waals surface area contributed by atoms with Crippen LogP contribution < -0.4 is 5.32 Å². The van der Waals surface area contributed by atoms with Crippen molar-refractivity contribution in [2.75, 3.05) is 52.4 Å². The summed E-state index contributed by atoms with van der Waals surface area (Å²) in [5.74, 6) is -0.225. The first-order valence-electron chi connectivity index (χ1n) is 9.85. The van der Waals surface area contributed by atoms with Gasteiger partial charge in [0.05, 0.1) is 12.1 Å². The Labute approximate surface area is 152 Å². The molecule has 0 aliphatic carbocycles. The number of nitrogens with zero attached hydrogens (tertiary/aromatic N) is 5. The summed E-state index contributed by atoms with van der Waals surface area (Å²) in [6.07, 6.45) is 8.83. The molecule has 2 saturated heterocycles. The van der Waals surface area contributed by atoms with E-state index in [1.807, 2.05) is 0 Å². The van der Waals surface area contributed by atoms with Crippen LogP contribution in [0.4, 0.5) is 0 Å². The molecule has 0 bridgehead atoms. The maximum absolute atomic E-state index is 9.19. The molecule has 0 aromatic rings. The molecule has 0 aromatic carbocycles. The second kappa shape index (κ2) is 11.8. The summed E-state index contributed by atoms with van der Waals surface area (Å²) in [6, 6.07) is 4.10. The van der Waals surface area contributed by atoms with E-state index in [1.165, 1.54) is 51.6 Å². The number of nitrogens with one attached hydrogen (secondary N) is 1. The molecule has 0 spiro atoms. The largest absolute Gasteiger partial charge is 0.371 e. The Hall–Kier alpha value is -1.63. The van der Waals surface area contributed by atoms with Gasteiger partial charge in [-0.15, -0.1) is 0 Å². The van der Waals surface area contributed by atoms with Crippen molar-refractivity contribution in [3.8, 4) is 12.1 Å². The first-order chi connectivity index (χ1) is 12.3. The van der Waals surface area contributed by atoms with Crippen LogP contribution in [0.2, 0.25) is 0 Å². The molecular formula is C19H32N6. The summed E-state index contributed by atoms with van der Waals surface area (Å²) in [5.41, 5.74) is 0. The van der Waals surface area contributed by atoms with Crippen LogP contribution in [0.15, 0.2) is 4.99 Å². The van der Waals surface area contributed by atoms with Crippen LogP contribution in [0.3, 0.4) is 0 Å². The summed E-state index contributed by atoms with van der Waals surface area (Å²) < 4.78 is 0. The third-order valence-electron chi connectivity index (χ3n) is 5.08. The van der Waals surface area contributed by atoms with E-state index in [4.69, 9.17) is 0 Å². The molecule has 6 heteroatoms. The van der Waals surface area contributed by atoms with Gasteiger partial charge in [0.2, 0.25) is 0 Å². The number of hydrogen-bond donors (Lipinski definition) is 1. The summed E-state index contributed by atoms with van der Waals surface area (Å²) in [6.45, 7) is 8.17. The summed E-state index contributed by atoms with van der Waals surface area (Å²) in [5, 5.41) is 21.6. The molecule has 0 unspecified atom stereocenters. The molecule has 6 nitrogen and oxygen atoms in total. The van der Waals surface area contributed by atoms with Gasteiger partial charge in [0, 0.05) is 19.6 Å². The zero-order valence-electron chi connectivity index (χ0n) is 15.4. The minimum Gasteiger partial charge on any atom is -0.371 e. The second-order valence-electron chi connectivity index (χ2n) is 7.04. The molecule has 0 saturated carbocycles. The highest BCUT2D eigenvalue weighted by molar-refractivity contribution is 5.89. The SMILES string of the molecule is N#CC(C#N)C(=NCCCN1CCCCC1)NCCN1CCCCC1. The van der Waals surface area contributed by atoms with Crippen LogP contribution in [0.25, 0.3) is 0 Å². The summed E-state index contributed by atoms with van der Waals surface area (Å²) in [7, 11) is 0. The van der Waals surface area contributed by atoms with Gasteiger partial charge in [-0.2, -0.15) is 10.5 Å². The molecule has 0 amide bonds. The van der Waals surface area contributed by atoms with E-state index >= 15 is 0 Å². The molecular weight excluding hydrogens is 312 g/mol. The lowest BCUT2D eigenvalue weighted by Gasteiger charge is -2.27. The van der Waals surface area contributed by atoms with Gasteiger partial charge < -0.3 is 15.1 Å². The maximum atomic E-state index is 9.19. The molecule has 2 rings (SSSR count). The zero-order valence-corrected chi connectivity index (χ0v) is 15.4. The molecule has 0 aromatic heterocycles. The fourth-order valence-electron chi connectivity index (χ4n) is 3.60. The Morgan fingerprint density at radius 2 is 1.44 bits per heavy atom. The van der Waals surface area contributed by atoms with Gasteiger partial charge in [-0.25, -0.2) is 0 Å². The van der Waals surface area contributed by atoms with Gasteiger partial charge in [-0.1, -0.05) is 12.8 Å². The molecule has 138 valence electrons. The van der Waals surface area contributed by atoms with Crippen molar-refractivity contribution in [1.82, 2.24) is 15.1 Å². The van der Waals surface area contributed by atoms with Crippen molar-refractivity contribution in [3.05, 3.63) is 0 Å². The third kappa shape index (κ3) is 7.42. The maximum Gasteiger partial charge on any atom is 0.189 e. The Kier molecular flexibility index (Phi) is 9.33. The fourth-order valence-corrected chi connectivity index (χ4v) is 3.60. The molecule has 0 radical (unpaired) electrons. The molecule has 2 heterocycles. The van der Waals surface area contributed by atoms with Gasteiger partial charge in [-0.3, -0.25) is 4.99 Å². The Morgan fingerprint density at radius 1 is 0.880 bits per heavy atom. The van der Waals surface area contributed by atoms with Crippen LogP contribution in [-0.4, -0.2) is 68.0 Å². The minimum absolute atomic E-state index is 0.556. The second-order valence-corrected chi connectivity index (χ2v) is 7.04. The number of likely N-dealkylation sites (tertiary alicyclic amines) is 2. The van der Waals surface area contributed by atoms with Crippen molar-refractivity contribution in [2.24, 2.45) is 10.9 Å². The van der Waals surface area contributed by atoms with Gasteiger partial charge in [0.15, 0.2) is 5.92 Å². The minimum atomic E-state index is -0.781. The number of amidine groups is 1. The lowest BCUT2D eigenvalue weighted by Crippen LogP contribution is -2.39. The van der Waals surface area contributed by atoms with Gasteiger partial charge in [0.25, 0.3) is 0 Å². The van der Waals surface area contributed by atoms with Crippen LogP contribution >= 0.6 is 0 Å². The van der Waals surface area contributed by atoms with Gasteiger partial charge in [-0.05, 0) is 64.8 Å². The first kappa shape index (κ1) is 19.7. The van der Waals surface area contributed by atoms with Gasteiger partial charge >= 0.3 is 0 Å². The van der Waals surface area contributed by atoms with E-state index < -0.39 is 5.92 Å². The average Bonchev–Trinajstić information content (AvgIpc) is 2.67. The molecule has 0 atom stereocenters. The van der Waals surface area contributed by atoms with Crippen LogP contribution in [-0.2, 0) is 0 Å². The molecule has 1 N–H and O–H groups in total. The van der Waals surface area contributed by atoms with E-state index in [0.29, 0.717) is 12.4 Å². The predicted octanol–water partition coefficient (Wildman–Crippen LogP) is 2.00. The molecule has 2 fully saturated rings. The van der Waals surface area contributed by atoms with E-state index in [-0.39, 0.29) is 0 Å². The Balaban J connectivity index is 1.73. The average molecular weight is 345 g/mol. The van der Waals surface area contributed by atoms with E-state index in [2.05, 4.69) is 32.2 Å². The normalized spacial score (nSPS) is 20.2. The first-order valence-corrected chi connectivity index (χ1v) is 9.85. The molecule has 25 heavy (non-hydrogen) atoms. The molecule has 2 aliphatic heterocycles. The van der Waals surface area contributed by atoms with Crippen LogP contribution in [0.1, 0.15) is 44.9 Å². The van der Waals surface area contributed by atoms with E-state index in [9.17, 15) is 10.5 Å². The quantitative estimate of drug-likeness (QED) is 0.414. The van der Waals surface area contributed by atoms with Crippen LogP contribution in [0.5, 0.6) is 0 Å². The van der Waals surface area contributed by atoms with E-state index in [0.717, 1.165) is 39.1 Å². The van der Waals surface area contributed by atoms with Crippen molar-refractivity contribution in [2.45, 2.75) is 44.9 Å². The smallest absolute Gasteiger partial charge is 0.189 e. The van der Waals surface area contributed by atoms with Crippen molar-refractivity contribution in [1.29, 1.82) is 10.5 Å². The van der Waals surface area contributed by atoms with Gasteiger partial charge in [0.1, 0.15) is 5.84 Å². The van der Waals surface area contributed by atoms with Crippen molar-refractivity contribution in [3.63, 3.8) is 0 Å². The summed E-state index contributed by atoms with van der Waals surface area (Å²) >= 11 is 0. The fraction of sp³-hybridized carbons (Fsp3) is 0.842.